The highest BCUT2D eigenvalue weighted by atomic mass is 16.4. The summed E-state index contributed by atoms with van der Waals surface area (Å²) < 4.78 is 0. The van der Waals surface area contributed by atoms with Gasteiger partial charge in [0, 0.05) is 24.2 Å². The van der Waals surface area contributed by atoms with Crippen molar-refractivity contribution in [3.8, 4) is 0 Å². The molecular weight excluding hydrogens is 264 g/mol. The normalized spacial score (nSPS) is 20.5. The Morgan fingerprint density at radius 1 is 1.43 bits per heavy atom. The lowest BCUT2D eigenvalue weighted by Crippen LogP contribution is -2.34. The summed E-state index contributed by atoms with van der Waals surface area (Å²) >= 11 is 0. The summed E-state index contributed by atoms with van der Waals surface area (Å²) in [5.41, 5.74) is 1.92. The van der Waals surface area contributed by atoms with Crippen LogP contribution in [-0.2, 0) is 12.0 Å². The van der Waals surface area contributed by atoms with Crippen LogP contribution in [0.1, 0.15) is 62.3 Å². The molecule has 1 aliphatic heterocycles. The predicted molar refractivity (Wildman–Crippen MR) is 83.6 cm³/mol. The number of nitrogens with zero attached hydrogens (tertiary/aromatic N) is 2. The Kier molecular flexibility index (Phi) is 4.67. The molecule has 0 radical (unpaired) electrons. The van der Waals surface area contributed by atoms with E-state index >= 15 is 0 Å². The smallest absolute Gasteiger partial charge is 0.337 e. The molecule has 116 valence electrons. The molecule has 0 amide bonds. The van der Waals surface area contributed by atoms with E-state index in [0.717, 1.165) is 18.8 Å². The Labute approximate surface area is 127 Å². The second kappa shape index (κ2) is 6.14. The molecule has 4 nitrogen and oxygen atoms in total. The fourth-order valence-corrected chi connectivity index (χ4v) is 2.88. The third-order valence-corrected chi connectivity index (χ3v) is 4.09. The first-order valence-corrected chi connectivity index (χ1v) is 7.73. The second-order valence-corrected chi connectivity index (χ2v) is 7.23. The van der Waals surface area contributed by atoms with E-state index in [1.54, 1.807) is 6.07 Å². The van der Waals surface area contributed by atoms with Crippen molar-refractivity contribution in [2.75, 3.05) is 13.1 Å². The van der Waals surface area contributed by atoms with Gasteiger partial charge in [0.25, 0.3) is 0 Å². The molecule has 2 rings (SSSR count). The fraction of sp³-hybridized carbons (Fsp3) is 0.647. The molecule has 1 aliphatic rings. The standard InChI is InChI=1S/C17H26N2O2/c1-12-6-5-9-19(10-12)11-14-13(16(20)21)7-8-15(18-14)17(2,3)4/h7-8,12H,5-6,9-11H2,1-4H3,(H,20,21). The first kappa shape index (κ1) is 16.0. The van der Waals surface area contributed by atoms with Crippen molar-refractivity contribution in [1.82, 2.24) is 9.88 Å². The Morgan fingerprint density at radius 3 is 2.71 bits per heavy atom. The molecule has 0 spiro atoms. The van der Waals surface area contributed by atoms with E-state index in [1.807, 2.05) is 6.07 Å². The van der Waals surface area contributed by atoms with Gasteiger partial charge in [0.15, 0.2) is 0 Å². The zero-order valence-electron chi connectivity index (χ0n) is 13.5. The van der Waals surface area contributed by atoms with E-state index in [0.29, 0.717) is 23.7 Å². The van der Waals surface area contributed by atoms with Crippen LogP contribution in [0.25, 0.3) is 0 Å². The summed E-state index contributed by atoms with van der Waals surface area (Å²) in [6.45, 7) is 11.2. The largest absolute Gasteiger partial charge is 0.478 e. The highest BCUT2D eigenvalue weighted by Crippen LogP contribution is 2.24. The van der Waals surface area contributed by atoms with Crippen LogP contribution in [0.2, 0.25) is 0 Å². The molecule has 1 aromatic rings. The van der Waals surface area contributed by atoms with Crippen LogP contribution in [0.4, 0.5) is 0 Å². The van der Waals surface area contributed by atoms with E-state index in [1.165, 1.54) is 12.8 Å². The molecule has 1 atom stereocenters. The van der Waals surface area contributed by atoms with Gasteiger partial charge in [-0.1, -0.05) is 27.7 Å². The van der Waals surface area contributed by atoms with Crippen LogP contribution >= 0.6 is 0 Å². The fourth-order valence-electron chi connectivity index (χ4n) is 2.88. The summed E-state index contributed by atoms with van der Waals surface area (Å²) in [7, 11) is 0. The van der Waals surface area contributed by atoms with Crippen molar-refractivity contribution >= 4 is 5.97 Å². The monoisotopic (exact) mass is 290 g/mol. The molecule has 0 aromatic carbocycles. The van der Waals surface area contributed by atoms with Crippen molar-refractivity contribution in [2.45, 2.75) is 52.5 Å². The molecule has 4 heteroatoms. The number of likely N-dealkylation sites (tertiary alicyclic amines) is 1. The molecule has 0 aliphatic carbocycles. The lowest BCUT2D eigenvalue weighted by atomic mass is 9.91. The molecule has 21 heavy (non-hydrogen) atoms. The van der Waals surface area contributed by atoms with Gasteiger partial charge in [-0.3, -0.25) is 9.88 Å². The molecule has 1 fully saturated rings. The minimum atomic E-state index is -0.886. The maximum absolute atomic E-state index is 11.4. The first-order valence-electron chi connectivity index (χ1n) is 7.73. The number of carboxylic acid groups (broad SMARTS) is 1. The molecule has 0 bridgehead atoms. The first-order chi connectivity index (χ1) is 9.77. The third-order valence-electron chi connectivity index (χ3n) is 4.09. The molecule has 1 N–H and O–H groups in total. The van der Waals surface area contributed by atoms with Crippen LogP contribution in [-0.4, -0.2) is 34.0 Å². The lowest BCUT2D eigenvalue weighted by Gasteiger charge is -2.31. The number of hydrogen-bond acceptors (Lipinski definition) is 3. The minimum Gasteiger partial charge on any atom is -0.478 e. The third kappa shape index (κ3) is 4.03. The highest BCUT2D eigenvalue weighted by molar-refractivity contribution is 5.88. The minimum absolute atomic E-state index is 0.0685. The number of rotatable bonds is 3. The zero-order chi connectivity index (χ0) is 15.6. The lowest BCUT2D eigenvalue weighted by molar-refractivity contribution is 0.0692. The SMILES string of the molecule is CC1CCCN(Cc2nc(C(C)(C)C)ccc2C(=O)O)C1. The maximum atomic E-state index is 11.4. The van der Waals surface area contributed by atoms with Crippen LogP contribution in [0, 0.1) is 5.92 Å². The molecule has 1 saturated heterocycles. The van der Waals surface area contributed by atoms with Gasteiger partial charge in [-0.25, -0.2) is 4.79 Å². The van der Waals surface area contributed by atoms with Gasteiger partial charge < -0.3 is 5.11 Å². The van der Waals surface area contributed by atoms with E-state index in [4.69, 9.17) is 0 Å². The summed E-state index contributed by atoms with van der Waals surface area (Å²) in [5.74, 6) is -0.208. The van der Waals surface area contributed by atoms with E-state index in [-0.39, 0.29) is 5.41 Å². The molecule has 1 unspecified atom stereocenters. The Hall–Kier alpha value is -1.42. The summed E-state index contributed by atoms with van der Waals surface area (Å²) in [6.07, 6.45) is 2.44. The van der Waals surface area contributed by atoms with E-state index in [9.17, 15) is 9.90 Å². The number of carboxylic acids is 1. The van der Waals surface area contributed by atoms with E-state index in [2.05, 4.69) is 37.6 Å². The molecular formula is C17H26N2O2. The van der Waals surface area contributed by atoms with Crippen molar-refractivity contribution in [3.63, 3.8) is 0 Å². The number of piperidine rings is 1. The quantitative estimate of drug-likeness (QED) is 0.928. The van der Waals surface area contributed by atoms with Crippen molar-refractivity contribution < 1.29 is 9.90 Å². The summed E-state index contributed by atoms with van der Waals surface area (Å²) in [5, 5.41) is 9.38. The van der Waals surface area contributed by atoms with Crippen molar-refractivity contribution in [3.05, 3.63) is 29.1 Å². The topological polar surface area (TPSA) is 53.4 Å². The van der Waals surface area contributed by atoms with Crippen molar-refractivity contribution in [2.24, 2.45) is 5.92 Å². The van der Waals surface area contributed by atoms with Crippen molar-refractivity contribution in [1.29, 1.82) is 0 Å². The highest BCUT2D eigenvalue weighted by Gasteiger charge is 2.22. The number of aromatic nitrogens is 1. The van der Waals surface area contributed by atoms with Gasteiger partial charge in [-0.2, -0.15) is 0 Å². The van der Waals surface area contributed by atoms with Gasteiger partial charge >= 0.3 is 5.97 Å². The second-order valence-electron chi connectivity index (χ2n) is 7.23. The Bertz CT molecular complexity index is 520. The Morgan fingerprint density at radius 2 is 2.14 bits per heavy atom. The van der Waals surface area contributed by atoms with Gasteiger partial charge in [-0.15, -0.1) is 0 Å². The molecule has 0 saturated carbocycles. The van der Waals surface area contributed by atoms with Crippen LogP contribution in [0.15, 0.2) is 12.1 Å². The number of hydrogen-bond donors (Lipinski definition) is 1. The number of aromatic carboxylic acids is 1. The Balaban J connectivity index is 2.28. The number of pyridine rings is 1. The van der Waals surface area contributed by atoms with Gasteiger partial charge in [0.1, 0.15) is 0 Å². The van der Waals surface area contributed by atoms with E-state index < -0.39 is 5.97 Å². The van der Waals surface area contributed by atoms with Crippen LogP contribution in [0.5, 0.6) is 0 Å². The maximum Gasteiger partial charge on any atom is 0.337 e. The average Bonchev–Trinajstić information content (AvgIpc) is 2.37. The molecule has 2 heterocycles. The van der Waals surface area contributed by atoms with Gasteiger partial charge in [0.2, 0.25) is 0 Å². The average molecular weight is 290 g/mol. The predicted octanol–water partition coefficient (Wildman–Crippen LogP) is 3.31. The van der Waals surface area contributed by atoms with Gasteiger partial charge in [-0.05, 0) is 37.4 Å². The summed E-state index contributed by atoms with van der Waals surface area (Å²) in [6, 6.07) is 3.55. The van der Waals surface area contributed by atoms with Crippen LogP contribution in [0.3, 0.4) is 0 Å². The molecule has 1 aromatic heterocycles. The summed E-state index contributed by atoms with van der Waals surface area (Å²) in [4.78, 5) is 18.4. The van der Waals surface area contributed by atoms with Crippen LogP contribution < -0.4 is 0 Å². The van der Waals surface area contributed by atoms with Gasteiger partial charge in [0.05, 0.1) is 11.3 Å². The number of carbonyl (C=O) groups is 1. The zero-order valence-corrected chi connectivity index (χ0v) is 13.5.